The van der Waals surface area contributed by atoms with Crippen molar-refractivity contribution in [2.45, 2.75) is 13.5 Å². The van der Waals surface area contributed by atoms with Gasteiger partial charge in [0.2, 0.25) is 0 Å². The Morgan fingerprint density at radius 1 is 1.00 bits per heavy atom. The van der Waals surface area contributed by atoms with Crippen molar-refractivity contribution in [1.82, 2.24) is 0 Å². The van der Waals surface area contributed by atoms with E-state index in [2.05, 4.69) is 5.10 Å². The first kappa shape index (κ1) is 19.0. The molecule has 29 heavy (non-hydrogen) atoms. The molecule has 0 bridgehead atoms. The van der Waals surface area contributed by atoms with Gasteiger partial charge in [-0.25, -0.2) is 0 Å². The third kappa shape index (κ3) is 4.23. The third-order valence-corrected chi connectivity index (χ3v) is 4.81. The Balaban J connectivity index is 1.63. The van der Waals surface area contributed by atoms with Crippen molar-refractivity contribution < 1.29 is 9.53 Å². The SMILES string of the molecule is CC1=NN(c2ccccc2)C(=O)C1=Cc1cc(Cl)ccc1OCc1ccccc1. The molecule has 4 nitrogen and oxygen atoms in total. The molecule has 0 aromatic heterocycles. The summed E-state index contributed by atoms with van der Waals surface area (Å²) in [7, 11) is 0. The maximum Gasteiger partial charge on any atom is 0.280 e. The number of carbonyl (C=O) groups excluding carboxylic acids is 1. The topological polar surface area (TPSA) is 41.9 Å². The van der Waals surface area contributed by atoms with E-state index in [9.17, 15) is 4.79 Å². The molecule has 0 spiro atoms. The van der Waals surface area contributed by atoms with Gasteiger partial charge >= 0.3 is 0 Å². The third-order valence-electron chi connectivity index (χ3n) is 4.57. The van der Waals surface area contributed by atoms with Gasteiger partial charge in [-0.05, 0) is 48.9 Å². The van der Waals surface area contributed by atoms with Crippen molar-refractivity contribution in [2.75, 3.05) is 5.01 Å². The van der Waals surface area contributed by atoms with E-state index in [4.69, 9.17) is 16.3 Å². The van der Waals surface area contributed by atoms with Gasteiger partial charge < -0.3 is 4.74 Å². The number of hydrogen-bond acceptors (Lipinski definition) is 3. The predicted octanol–water partition coefficient (Wildman–Crippen LogP) is 5.73. The van der Waals surface area contributed by atoms with E-state index in [0.717, 1.165) is 16.8 Å². The molecule has 3 aromatic carbocycles. The molecule has 0 saturated heterocycles. The molecule has 1 aliphatic rings. The lowest BCUT2D eigenvalue weighted by atomic mass is 10.1. The molecule has 0 fully saturated rings. The summed E-state index contributed by atoms with van der Waals surface area (Å²) in [5.41, 5.74) is 3.69. The zero-order valence-electron chi connectivity index (χ0n) is 15.9. The number of anilines is 1. The van der Waals surface area contributed by atoms with E-state index in [-0.39, 0.29) is 5.91 Å². The Hall–Kier alpha value is -3.37. The fraction of sp³-hybridized carbons (Fsp3) is 0.0833. The number of ether oxygens (including phenoxy) is 1. The Bertz CT molecular complexity index is 1090. The molecule has 0 atom stereocenters. The number of carbonyl (C=O) groups is 1. The number of halogens is 1. The molecule has 4 rings (SSSR count). The van der Waals surface area contributed by atoms with Crippen molar-refractivity contribution in [1.29, 1.82) is 0 Å². The summed E-state index contributed by atoms with van der Waals surface area (Å²) in [6, 6.07) is 24.7. The van der Waals surface area contributed by atoms with Crippen LogP contribution in [0.15, 0.2) is 89.5 Å². The standard InChI is InChI=1S/C24H19ClN2O2/c1-17-22(24(28)27(26-17)21-10-6-3-7-11-21)15-19-14-20(25)12-13-23(19)29-16-18-8-4-2-5-9-18/h2-15H,16H2,1H3. The van der Waals surface area contributed by atoms with Crippen molar-refractivity contribution in [3.63, 3.8) is 0 Å². The second kappa shape index (κ2) is 8.33. The van der Waals surface area contributed by atoms with Gasteiger partial charge in [-0.2, -0.15) is 10.1 Å². The van der Waals surface area contributed by atoms with Crippen molar-refractivity contribution >= 4 is 35.0 Å². The Labute approximate surface area is 174 Å². The average Bonchev–Trinajstić information content (AvgIpc) is 3.03. The zero-order chi connectivity index (χ0) is 20.2. The summed E-state index contributed by atoms with van der Waals surface area (Å²) in [6.45, 7) is 2.25. The second-order valence-corrected chi connectivity index (χ2v) is 7.09. The number of nitrogens with zero attached hydrogens (tertiary/aromatic N) is 2. The monoisotopic (exact) mass is 402 g/mol. The van der Waals surface area contributed by atoms with Gasteiger partial charge in [-0.15, -0.1) is 0 Å². The van der Waals surface area contributed by atoms with Crippen LogP contribution < -0.4 is 9.75 Å². The van der Waals surface area contributed by atoms with E-state index in [0.29, 0.717) is 28.7 Å². The van der Waals surface area contributed by atoms with Crippen LogP contribution >= 0.6 is 11.6 Å². The molecule has 1 aliphatic heterocycles. The molecule has 5 heteroatoms. The summed E-state index contributed by atoms with van der Waals surface area (Å²) in [5, 5.41) is 6.41. The maximum atomic E-state index is 13.0. The second-order valence-electron chi connectivity index (χ2n) is 6.65. The quantitative estimate of drug-likeness (QED) is 0.512. The minimum Gasteiger partial charge on any atom is -0.488 e. The first-order valence-corrected chi connectivity index (χ1v) is 9.62. The molecule has 1 amide bonds. The van der Waals surface area contributed by atoms with Gasteiger partial charge in [0, 0.05) is 10.6 Å². The first-order valence-electron chi connectivity index (χ1n) is 9.25. The highest BCUT2D eigenvalue weighted by Gasteiger charge is 2.28. The van der Waals surface area contributed by atoms with Crippen molar-refractivity contribution in [3.8, 4) is 5.75 Å². The molecule has 0 aliphatic carbocycles. The highest BCUT2D eigenvalue weighted by molar-refractivity contribution is 6.33. The van der Waals surface area contributed by atoms with Crippen LogP contribution in [0.3, 0.4) is 0 Å². The molecule has 144 valence electrons. The maximum absolute atomic E-state index is 13.0. The van der Waals surface area contributed by atoms with Gasteiger partial charge in [-0.1, -0.05) is 60.1 Å². The lowest BCUT2D eigenvalue weighted by Crippen LogP contribution is -2.21. The Kier molecular flexibility index (Phi) is 5.45. The van der Waals surface area contributed by atoms with Gasteiger partial charge in [0.1, 0.15) is 12.4 Å². The van der Waals surface area contributed by atoms with Crippen LogP contribution in [0.25, 0.3) is 6.08 Å². The number of hydrazone groups is 1. The van der Waals surface area contributed by atoms with Crippen LogP contribution in [0.1, 0.15) is 18.1 Å². The lowest BCUT2D eigenvalue weighted by Gasteiger charge is -2.12. The number of amides is 1. The van der Waals surface area contributed by atoms with Gasteiger partial charge in [-0.3, -0.25) is 4.79 Å². The minimum absolute atomic E-state index is 0.178. The molecule has 0 N–H and O–H groups in total. The van der Waals surface area contributed by atoms with Gasteiger partial charge in [0.25, 0.3) is 5.91 Å². The summed E-state index contributed by atoms with van der Waals surface area (Å²) < 4.78 is 6.00. The number of para-hydroxylation sites is 1. The molecular formula is C24H19ClN2O2. The van der Waals surface area contributed by atoms with Crippen LogP contribution in [0, 0.1) is 0 Å². The first-order chi connectivity index (χ1) is 14.1. The highest BCUT2D eigenvalue weighted by atomic mass is 35.5. The molecule has 0 radical (unpaired) electrons. The van der Waals surface area contributed by atoms with E-state index in [1.54, 1.807) is 18.2 Å². The predicted molar refractivity (Wildman–Crippen MR) is 117 cm³/mol. The van der Waals surface area contributed by atoms with Crippen LogP contribution in [0.2, 0.25) is 5.02 Å². The van der Waals surface area contributed by atoms with Crippen molar-refractivity contribution in [2.24, 2.45) is 5.10 Å². The summed E-state index contributed by atoms with van der Waals surface area (Å²) in [5.74, 6) is 0.479. The zero-order valence-corrected chi connectivity index (χ0v) is 16.6. The Morgan fingerprint density at radius 2 is 1.69 bits per heavy atom. The highest BCUT2D eigenvalue weighted by Crippen LogP contribution is 2.29. The lowest BCUT2D eigenvalue weighted by molar-refractivity contribution is -0.114. The van der Waals surface area contributed by atoms with E-state index < -0.39 is 0 Å². The van der Waals surface area contributed by atoms with Gasteiger partial charge in [0.15, 0.2) is 0 Å². The van der Waals surface area contributed by atoms with Gasteiger partial charge in [0.05, 0.1) is 17.0 Å². The molecule has 1 heterocycles. The van der Waals surface area contributed by atoms with Crippen molar-refractivity contribution in [3.05, 3.63) is 101 Å². The minimum atomic E-state index is -0.178. The largest absolute Gasteiger partial charge is 0.488 e. The summed E-state index contributed by atoms with van der Waals surface area (Å²) in [6.07, 6.45) is 1.79. The van der Waals surface area contributed by atoms with Crippen LogP contribution in [-0.2, 0) is 11.4 Å². The fourth-order valence-electron chi connectivity index (χ4n) is 3.08. The fourth-order valence-corrected chi connectivity index (χ4v) is 3.26. The van der Waals surface area contributed by atoms with Crippen LogP contribution in [-0.4, -0.2) is 11.6 Å². The normalized spacial score (nSPS) is 15.0. The van der Waals surface area contributed by atoms with Crippen LogP contribution in [0.5, 0.6) is 5.75 Å². The number of hydrogen-bond donors (Lipinski definition) is 0. The van der Waals surface area contributed by atoms with E-state index >= 15 is 0 Å². The van der Waals surface area contributed by atoms with E-state index in [1.165, 1.54) is 5.01 Å². The summed E-state index contributed by atoms with van der Waals surface area (Å²) in [4.78, 5) is 13.0. The number of benzene rings is 3. The Morgan fingerprint density at radius 3 is 2.41 bits per heavy atom. The molecule has 0 unspecified atom stereocenters. The molecular weight excluding hydrogens is 384 g/mol. The van der Waals surface area contributed by atoms with E-state index in [1.807, 2.05) is 73.7 Å². The number of rotatable bonds is 5. The van der Waals surface area contributed by atoms with Crippen LogP contribution in [0.4, 0.5) is 5.69 Å². The smallest absolute Gasteiger partial charge is 0.280 e. The molecule has 3 aromatic rings. The molecule has 0 saturated carbocycles. The average molecular weight is 403 g/mol. The summed E-state index contributed by atoms with van der Waals surface area (Å²) >= 11 is 6.21.